The van der Waals surface area contributed by atoms with Gasteiger partial charge in [0.15, 0.2) is 0 Å². The zero-order valence-corrected chi connectivity index (χ0v) is 19.9. The Balaban J connectivity index is 1.68. The van der Waals surface area contributed by atoms with Crippen molar-refractivity contribution in [2.45, 2.75) is 25.1 Å². The van der Waals surface area contributed by atoms with Crippen LogP contribution in [-0.4, -0.2) is 50.8 Å². The number of carbonyl (C=O) groups is 1. The highest BCUT2D eigenvalue weighted by molar-refractivity contribution is 7.88. The number of rotatable bonds is 7. The summed E-state index contributed by atoms with van der Waals surface area (Å²) >= 11 is 12.1. The van der Waals surface area contributed by atoms with Crippen LogP contribution in [0.25, 0.3) is 0 Å². The first-order chi connectivity index (χ1) is 14.7. The Morgan fingerprint density at radius 2 is 1.94 bits per heavy atom. The predicted octanol–water partition coefficient (Wildman–Crippen LogP) is 4.20. The summed E-state index contributed by atoms with van der Waals surface area (Å²) in [7, 11) is -0.292. The molecular formula is C22H26Cl2N2O4S. The van der Waals surface area contributed by atoms with Crippen molar-refractivity contribution in [1.82, 2.24) is 9.21 Å². The van der Waals surface area contributed by atoms with Crippen LogP contribution < -0.4 is 4.74 Å². The lowest BCUT2D eigenvalue weighted by Gasteiger charge is -2.33. The number of amides is 1. The number of sulfonamides is 1. The van der Waals surface area contributed by atoms with Crippen LogP contribution in [0.2, 0.25) is 10.0 Å². The van der Waals surface area contributed by atoms with Crippen molar-refractivity contribution >= 4 is 39.1 Å². The first-order valence-electron chi connectivity index (χ1n) is 10.00. The Hall–Kier alpha value is -1.80. The van der Waals surface area contributed by atoms with Gasteiger partial charge in [0.2, 0.25) is 15.9 Å². The van der Waals surface area contributed by atoms with Crippen molar-refractivity contribution < 1.29 is 17.9 Å². The van der Waals surface area contributed by atoms with Gasteiger partial charge in [0.1, 0.15) is 5.75 Å². The molecule has 1 aliphatic rings. The van der Waals surface area contributed by atoms with Crippen molar-refractivity contribution in [1.29, 1.82) is 0 Å². The molecular weight excluding hydrogens is 459 g/mol. The average molecular weight is 485 g/mol. The third-order valence-corrected chi connectivity index (χ3v) is 7.84. The molecule has 0 saturated carbocycles. The molecule has 0 unspecified atom stereocenters. The molecule has 6 nitrogen and oxygen atoms in total. The van der Waals surface area contributed by atoms with Crippen molar-refractivity contribution in [2.24, 2.45) is 5.92 Å². The monoisotopic (exact) mass is 484 g/mol. The largest absolute Gasteiger partial charge is 0.496 e. The highest BCUT2D eigenvalue weighted by Gasteiger charge is 2.34. The van der Waals surface area contributed by atoms with E-state index in [0.717, 1.165) is 11.3 Å². The topological polar surface area (TPSA) is 66.9 Å². The van der Waals surface area contributed by atoms with Gasteiger partial charge in [0.25, 0.3) is 0 Å². The Morgan fingerprint density at radius 1 is 1.19 bits per heavy atom. The minimum absolute atomic E-state index is 0.0738. The fourth-order valence-corrected chi connectivity index (χ4v) is 6.00. The lowest BCUT2D eigenvalue weighted by atomic mass is 9.98. The first-order valence-corrected chi connectivity index (χ1v) is 12.4. The number of benzene rings is 2. The minimum Gasteiger partial charge on any atom is -0.496 e. The van der Waals surface area contributed by atoms with E-state index >= 15 is 0 Å². The number of ether oxygens (including phenoxy) is 1. The lowest BCUT2D eigenvalue weighted by molar-refractivity contribution is -0.135. The summed E-state index contributed by atoms with van der Waals surface area (Å²) in [6.07, 6.45) is 1.29. The van der Waals surface area contributed by atoms with Gasteiger partial charge in [-0.05, 0) is 36.6 Å². The van der Waals surface area contributed by atoms with E-state index < -0.39 is 10.0 Å². The van der Waals surface area contributed by atoms with Gasteiger partial charge in [-0.25, -0.2) is 12.7 Å². The number of hydrogen-bond donors (Lipinski definition) is 0. The van der Waals surface area contributed by atoms with Gasteiger partial charge in [-0.1, -0.05) is 47.5 Å². The van der Waals surface area contributed by atoms with Crippen molar-refractivity contribution in [3.8, 4) is 5.75 Å². The molecule has 2 aromatic carbocycles. The maximum atomic E-state index is 13.1. The summed E-state index contributed by atoms with van der Waals surface area (Å²) in [4.78, 5) is 14.7. The van der Waals surface area contributed by atoms with Gasteiger partial charge >= 0.3 is 0 Å². The zero-order chi connectivity index (χ0) is 22.6. The summed E-state index contributed by atoms with van der Waals surface area (Å²) in [6, 6.07) is 12.3. The smallest absolute Gasteiger partial charge is 0.227 e. The first kappa shape index (κ1) is 23.9. The molecule has 168 valence electrons. The highest BCUT2D eigenvalue weighted by Crippen LogP contribution is 2.27. The molecule has 0 radical (unpaired) electrons. The maximum Gasteiger partial charge on any atom is 0.227 e. The molecule has 1 fully saturated rings. The molecule has 0 bridgehead atoms. The molecule has 1 aliphatic heterocycles. The molecule has 0 spiro atoms. The highest BCUT2D eigenvalue weighted by atomic mass is 35.5. The van der Waals surface area contributed by atoms with Crippen LogP contribution in [0, 0.1) is 5.92 Å². The molecule has 0 aliphatic carbocycles. The van der Waals surface area contributed by atoms with Gasteiger partial charge in [-0.2, -0.15) is 0 Å². The molecule has 1 amide bonds. The molecule has 2 aromatic rings. The quantitative estimate of drug-likeness (QED) is 0.590. The van der Waals surface area contributed by atoms with Gasteiger partial charge in [0, 0.05) is 42.3 Å². The Labute approximate surface area is 193 Å². The van der Waals surface area contributed by atoms with Gasteiger partial charge in [0.05, 0.1) is 18.8 Å². The van der Waals surface area contributed by atoms with E-state index in [2.05, 4.69) is 0 Å². The molecule has 1 atom stereocenters. The minimum atomic E-state index is -3.62. The summed E-state index contributed by atoms with van der Waals surface area (Å²) in [5, 5.41) is 0.769. The van der Waals surface area contributed by atoms with E-state index in [1.165, 1.54) is 10.4 Å². The van der Waals surface area contributed by atoms with Gasteiger partial charge in [-0.15, -0.1) is 0 Å². The number of para-hydroxylation sites is 1. The molecule has 1 heterocycles. The fourth-order valence-electron chi connectivity index (χ4n) is 3.80. The molecule has 0 aromatic heterocycles. The standard InChI is InChI=1S/C22H26Cl2N2O4S/c1-25(13-16-6-3-4-8-21(16)30-2)22(27)17-7-5-11-26(14-17)31(28,29)15-18-9-10-19(23)12-20(18)24/h3-4,6,8-10,12,17H,5,7,11,13-15H2,1-2H3/t17-/m0/s1. The molecule has 3 rings (SSSR count). The summed E-state index contributed by atoms with van der Waals surface area (Å²) in [5.41, 5.74) is 1.39. The van der Waals surface area contributed by atoms with E-state index in [-0.39, 0.29) is 24.1 Å². The van der Waals surface area contributed by atoms with E-state index in [9.17, 15) is 13.2 Å². The SMILES string of the molecule is COc1ccccc1CN(C)C(=O)[C@H]1CCCN(S(=O)(=O)Cc2ccc(Cl)cc2Cl)C1. The molecule has 0 N–H and O–H groups in total. The predicted molar refractivity (Wildman–Crippen MR) is 123 cm³/mol. The fraction of sp³-hybridized carbons (Fsp3) is 0.409. The summed E-state index contributed by atoms with van der Waals surface area (Å²) in [6.45, 7) is 0.961. The van der Waals surface area contributed by atoms with Crippen molar-refractivity contribution in [2.75, 3.05) is 27.2 Å². The number of piperidine rings is 1. The summed E-state index contributed by atoms with van der Waals surface area (Å²) < 4.78 is 32.8. The average Bonchev–Trinajstić information content (AvgIpc) is 2.75. The maximum absolute atomic E-state index is 13.1. The third-order valence-electron chi connectivity index (χ3n) is 5.46. The van der Waals surface area contributed by atoms with E-state index in [0.29, 0.717) is 41.5 Å². The van der Waals surface area contributed by atoms with Crippen LogP contribution in [0.1, 0.15) is 24.0 Å². The summed E-state index contributed by atoms with van der Waals surface area (Å²) in [5.74, 6) is 0.0372. The number of carbonyl (C=O) groups excluding carboxylic acids is 1. The second-order valence-corrected chi connectivity index (χ2v) is 10.5. The Morgan fingerprint density at radius 3 is 2.65 bits per heavy atom. The van der Waals surface area contributed by atoms with E-state index in [1.807, 2.05) is 24.3 Å². The normalized spacial score (nSPS) is 17.4. The second kappa shape index (κ2) is 10.2. The van der Waals surface area contributed by atoms with Crippen LogP contribution in [0.4, 0.5) is 0 Å². The number of halogens is 2. The lowest BCUT2D eigenvalue weighted by Crippen LogP contribution is -2.46. The van der Waals surface area contributed by atoms with Crippen molar-refractivity contribution in [3.63, 3.8) is 0 Å². The van der Waals surface area contributed by atoms with Gasteiger partial charge < -0.3 is 9.64 Å². The van der Waals surface area contributed by atoms with Crippen molar-refractivity contribution in [3.05, 3.63) is 63.6 Å². The number of hydrogen-bond acceptors (Lipinski definition) is 4. The van der Waals surface area contributed by atoms with Crippen LogP contribution in [-0.2, 0) is 27.1 Å². The van der Waals surface area contributed by atoms with Crippen LogP contribution in [0.5, 0.6) is 5.75 Å². The third kappa shape index (κ3) is 5.92. The molecule has 1 saturated heterocycles. The van der Waals surface area contributed by atoms with E-state index in [1.54, 1.807) is 31.2 Å². The zero-order valence-electron chi connectivity index (χ0n) is 17.6. The number of nitrogens with zero attached hydrogens (tertiary/aromatic N) is 2. The van der Waals surface area contributed by atoms with Crippen LogP contribution in [0.15, 0.2) is 42.5 Å². The van der Waals surface area contributed by atoms with Crippen LogP contribution >= 0.6 is 23.2 Å². The molecule has 31 heavy (non-hydrogen) atoms. The Bertz CT molecular complexity index is 1050. The Kier molecular flexibility index (Phi) is 7.86. The molecule has 9 heteroatoms. The van der Waals surface area contributed by atoms with Crippen LogP contribution in [0.3, 0.4) is 0 Å². The van der Waals surface area contributed by atoms with Gasteiger partial charge in [-0.3, -0.25) is 4.79 Å². The second-order valence-electron chi connectivity index (χ2n) is 7.70. The van der Waals surface area contributed by atoms with E-state index in [4.69, 9.17) is 27.9 Å². The number of methoxy groups -OCH3 is 1.